The summed E-state index contributed by atoms with van der Waals surface area (Å²) in [5.41, 5.74) is 0.396. The third-order valence-corrected chi connectivity index (χ3v) is 4.53. The molecule has 0 aliphatic carbocycles. The Labute approximate surface area is 141 Å². The molecule has 1 fully saturated rings. The molecular weight excluding hydrogens is 309 g/mol. The van der Waals surface area contributed by atoms with Crippen LogP contribution in [0, 0.1) is 0 Å². The minimum atomic E-state index is -0.474. The molecule has 0 spiro atoms. The molecule has 2 aromatic heterocycles. The second kappa shape index (κ2) is 5.72. The molecule has 0 radical (unpaired) electrons. The highest BCUT2D eigenvalue weighted by atomic mass is 16.7. The van der Waals surface area contributed by atoms with E-state index in [1.165, 1.54) is 13.3 Å². The molecule has 24 heavy (non-hydrogen) atoms. The van der Waals surface area contributed by atoms with Gasteiger partial charge in [-0.3, -0.25) is 0 Å². The first-order valence-corrected chi connectivity index (χ1v) is 7.68. The van der Waals surface area contributed by atoms with E-state index in [1.54, 1.807) is 23.0 Å². The van der Waals surface area contributed by atoms with E-state index in [0.717, 1.165) is 5.46 Å². The van der Waals surface area contributed by atoms with Crippen molar-refractivity contribution in [3.05, 3.63) is 36.3 Å². The number of carbonyl (C=O) groups is 1. The van der Waals surface area contributed by atoms with Crippen molar-refractivity contribution in [2.24, 2.45) is 0 Å². The molecule has 0 bridgehead atoms. The number of nitrogens with zero attached hydrogens (tertiary/aromatic N) is 3. The van der Waals surface area contributed by atoms with Gasteiger partial charge in [0.2, 0.25) is 0 Å². The molecule has 7 nitrogen and oxygen atoms in total. The number of carbonyl (C=O) groups excluding carboxylic acids is 1. The van der Waals surface area contributed by atoms with Gasteiger partial charge in [-0.05, 0) is 39.8 Å². The number of hydrogen-bond donors (Lipinski definition) is 0. The largest absolute Gasteiger partial charge is 0.498 e. The van der Waals surface area contributed by atoms with E-state index in [1.807, 2.05) is 33.9 Å². The highest BCUT2D eigenvalue weighted by molar-refractivity contribution is 6.62. The second-order valence-corrected chi connectivity index (χ2v) is 6.70. The molecule has 126 valence electrons. The van der Waals surface area contributed by atoms with Gasteiger partial charge in [0, 0.05) is 24.1 Å². The van der Waals surface area contributed by atoms with Crippen molar-refractivity contribution in [1.82, 2.24) is 14.8 Å². The lowest BCUT2D eigenvalue weighted by Gasteiger charge is -2.32. The maximum absolute atomic E-state index is 11.4. The fourth-order valence-corrected chi connectivity index (χ4v) is 2.32. The van der Waals surface area contributed by atoms with Crippen molar-refractivity contribution in [2.75, 3.05) is 7.11 Å². The second-order valence-electron chi connectivity index (χ2n) is 6.70. The Kier molecular flexibility index (Phi) is 3.97. The van der Waals surface area contributed by atoms with Crippen LogP contribution in [0.1, 0.15) is 38.1 Å². The summed E-state index contributed by atoms with van der Waals surface area (Å²) in [5, 5.41) is 4.30. The first-order valence-electron chi connectivity index (χ1n) is 7.68. The number of pyridine rings is 1. The predicted octanol–water partition coefficient (Wildman–Crippen LogP) is 1.35. The van der Waals surface area contributed by atoms with Gasteiger partial charge in [0.25, 0.3) is 0 Å². The van der Waals surface area contributed by atoms with Crippen molar-refractivity contribution in [3.8, 4) is 5.82 Å². The lowest BCUT2D eigenvalue weighted by atomic mass is 9.82. The maximum atomic E-state index is 11.4. The predicted molar refractivity (Wildman–Crippen MR) is 88.4 cm³/mol. The lowest BCUT2D eigenvalue weighted by molar-refractivity contribution is 0.00578. The van der Waals surface area contributed by atoms with Crippen molar-refractivity contribution in [3.63, 3.8) is 0 Å². The fourth-order valence-electron chi connectivity index (χ4n) is 2.32. The number of ether oxygens (including phenoxy) is 1. The Morgan fingerprint density at radius 1 is 1.17 bits per heavy atom. The molecule has 0 atom stereocenters. The number of aromatic nitrogens is 3. The summed E-state index contributed by atoms with van der Waals surface area (Å²) < 4.78 is 18.3. The van der Waals surface area contributed by atoms with E-state index in [4.69, 9.17) is 9.31 Å². The Morgan fingerprint density at radius 2 is 1.83 bits per heavy atom. The van der Waals surface area contributed by atoms with Gasteiger partial charge in [0.1, 0.15) is 0 Å². The highest BCUT2D eigenvalue weighted by Gasteiger charge is 2.52. The Balaban J connectivity index is 1.80. The van der Waals surface area contributed by atoms with Crippen LogP contribution in [0.3, 0.4) is 0 Å². The first-order chi connectivity index (χ1) is 11.2. The minimum absolute atomic E-state index is 0.389. The molecule has 3 rings (SSSR count). The van der Waals surface area contributed by atoms with Crippen LogP contribution in [0.4, 0.5) is 0 Å². The quantitative estimate of drug-likeness (QED) is 0.625. The molecule has 0 unspecified atom stereocenters. The summed E-state index contributed by atoms with van der Waals surface area (Å²) in [6.07, 6.45) is 4.96. The number of esters is 1. The first kappa shape index (κ1) is 16.7. The van der Waals surface area contributed by atoms with E-state index in [2.05, 4.69) is 14.8 Å². The van der Waals surface area contributed by atoms with Crippen LogP contribution in [0.5, 0.6) is 0 Å². The van der Waals surface area contributed by atoms with E-state index in [-0.39, 0.29) is 0 Å². The molecule has 1 saturated heterocycles. The van der Waals surface area contributed by atoms with Gasteiger partial charge in [-0.2, -0.15) is 5.10 Å². The Bertz CT molecular complexity index is 739. The number of hydrogen-bond acceptors (Lipinski definition) is 6. The third kappa shape index (κ3) is 2.83. The summed E-state index contributed by atoms with van der Waals surface area (Å²) in [6, 6.07) is 3.34. The van der Waals surface area contributed by atoms with Gasteiger partial charge < -0.3 is 14.0 Å². The average Bonchev–Trinajstić information content (AvgIpc) is 3.10. The molecule has 8 heteroatoms. The third-order valence-electron chi connectivity index (χ3n) is 4.53. The highest BCUT2D eigenvalue weighted by Crippen LogP contribution is 2.36. The van der Waals surface area contributed by atoms with Gasteiger partial charge in [-0.15, -0.1) is 0 Å². The van der Waals surface area contributed by atoms with E-state index in [9.17, 15) is 4.79 Å². The molecule has 1 aliphatic rings. The fraction of sp³-hybridized carbons (Fsp3) is 0.438. The zero-order valence-electron chi connectivity index (χ0n) is 14.4. The number of methoxy groups -OCH3 is 1. The lowest BCUT2D eigenvalue weighted by Crippen LogP contribution is -2.41. The molecule has 3 heterocycles. The van der Waals surface area contributed by atoms with Gasteiger partial charge in [-0.1, -0.05) is 0 Å². The van der Waals surface area contributed by atoms with Gasteiger partial charge in [-0.25, -0.2) is 14.5 Å². The average molecular weight is 329 g/mol. The van der Waals surface area contributed by atoms with Crippen molar-refractivity contribution < 1.29 is 18.8 Å². The van der Waals surface area contributed by atoms with E-state index in [0.29, 0.717) is 11.4 Å². The summed E-state index contributed by atoms with van der Waals surface area (Å²) in [6.45, 7) is 8.02. The topological polar surface area (TPSA) is 75.5 Å². The zero-order chi connectivity index (χ0) is 17.5. The Hall–Kier alpha value is -2.19. The van der Waals surface area contributed by atoms with E-state index >= 15 is 0 Å². The summed E-state index contributed by atoms with van der Waals surface area (Å²) >= 11 is 0. The van der Waals surface area contributed by atoms with Crippen LogP contribution in [-0.2, 0) is 14.0 Å². The molecule has 2 aromatic rings. The molecule has 0 N–H and O–H groups in total. The normalized spacial score (nSPS) is 18.6. The van der Waals surface area contributed by atoms with Crippen LogP contribution >= 0.6 is 0 Å². The van der Waals surface area contributed by atoms with Crippen LogP contribution in [0.2, 0.25) is 0 Å². The van der Waals surface area contributed by atoms with E-state index < -0.39 is 24.3 Å². The standard InChI is InChI=1S/C16H20BN3O4/c1-15(2)16(3,4)24-17(23-15)12-9-19-20(10-12)13-7-6-11(8-18-13)14(21)22-5/h6-10H,1-5H3. The molecule has 0 saturated carbocycles. The maximum Gasteiger partial charge on any atom is 0.498 e. The van der Waals surface area contributed by atoms with Crippen molar-refractivity contribution in [1.29, 1.82) is 0 Å². The van der Waals surface area contributed by atoms with Gasteiger partial charge in [0.15, 0.2) is 5.82 Å². The minimum Gasteiger partial charge on any atom is -0.465 e. The van der Waals surface area contributed by atoms with Crippen molar-refractivity contribution in [2.45, 2.75) is 38.9 Å². The summed E-state index contributed by atoms with van der Waals surface area (Å²) in [5.74, 6) is 0.165. The molecule has 0 amide bonds. The monoisotopic (exact) mass is 329 g/mol. The molecular formula is C16H20BN3O4. The SMILES string of the molecule is COC(=O)c1ccc(-n2cc(B3OC(C)(C)C(C)(C)O3)cn2)nc1. The van der Waals surface area contributed by atoms with Crippen LogP contribution in [0.15, 0.2) is 30.7 Å². The summed E-state index contributed by atoms with van der Waals surface area (Å²) in [4.78, 5) is 15.7. The number of rotatable bonds is 3. The van der Waals surface area contributed by atoms with Crippen molar-refractivity contribution >= 4 is 18.6 Å². The zero-order valence-corrected chi connectivity index (χ0v) is 14.4. The van der Waals surface area contributed by atoms with Gasteiger partial charge in [0.05, 0.1) is 23.9 Å². The van der Waals surface area contributed by atoms with Crippen LogP contribution < -0.4 is 5.46 Å². The molecule has 0 aromatic carbocycles. The van der Waals surface area contributed by atoms with Crippen LogP contribution in [0.25, 0.3) is 5.82 Å². The smallest absolute Gasteiger partial charge is 0.465 e. The Morgan fingerprint density at radius 3 is 2.38 bits per heavy atom. The summed E-state index contributed by atoms with van der Waals surface area (Å²) in [7, 11) is 0.860. The molecule has 1 aliphatic heterocycles. The van der Waals surface area contributed by atoms with Crippen LogP contribution in [-0.4, -0.2) is 46.2 Å². The van der Waals surface area contributed by atoms with Gasteiger partial charge >= 0.3 is 13.1 Å².